The van der Waals surface area contributed by atoms with Crippen molar-refractivity contribution in [3.63, 3.8) is 0 Å². The van der Waals surface area contributed by atoms with E-state index < -0.39 is 17.5 Å². The van der Waals surface area contributed by atoms with Crippen molar-refractivity contribution in [3.05, 3.63) is 59.9 Å². The van der Waals surface area contributed by atoms with Crippen LogP contribution in [0.5, 0.6) is 5.75 Å². The maximum Gasteiger partial charge on any atom is 0.276 e. The lowest BCUT2D eigenvalue weighted by molar-refractivity contribution is 0.0706. The van der Waals surface area contributed by atoms with Crippen molar-refractivity contribution in [1.82, 2.24) is 15.0 Å². The predicted octanol–water partition coefficient (Wildman–Crippen LogP) is 2.51. The van der Waals surface area contributed by atoms with Crippen molar-refractivity contribution >= 4 is 16.9 Å². The highest BCUT2D eigenvalue weighted by molar-refractivity contribution is 5.96. The number of ether oxygens (including phenoxy) is 1. The van der Waals surface area contributed by atoms with Crippen LogP contribution in [0.25, 0.3) is 11.0 Å². The molecule has 0 fully saturated rings. The van der Waals surface area contributed by atoms with Gasteiger partial charge in [-0.25, -0.2) is 9.87 Å². The number of rotatable bonds is 5. The summed E-state index contributed by atoms with van der Waals surface area (Å²) >= 11 is 0. The Morgan fingerprint density at radius 3 is 2.96 bits per heavy atom. The Morgan fingerprint density at radius 2 is 2.17 bits per heavy atom. The quantitative estimate of drug-likeness (QED) is 0.556. The summed E-state index contributed by atoms with van der Waals surface area (Å²) in [7, 11) is 0. The molecule has 0 spiro atoms. The van der Waals surface area contributed by atoms with Crippen molar-refractivity contribution in [2.45, 2.75) is 6.54 Å². The second-order valence-corrected chi connectivity index (χ2v) is 4.98. The molecule has 0 aliphatic heterocycles. The summed E-state index contributed by atoms with van der Waals surface area (Å²) in [6.07, 6.45) is 3.08. The highest BCUT2D eigenvalue weighted by atomic mass is 19.2. The number of halogens is 2. The number of carbonyl (C=O) groups is 1. The van der Waals surface area contributed by atoms with Gasteiger partial charge in [-0.1, -0.05) is 6.07 Å². The molecule has 3 rings (SSSR count). The fourth-order valence-electron chi connectivity index (χ4n) is 2.30. The third kappa shape index (κ3) is 3.04. The summed E-state index contributed by atoms with van der Waals surface area (Å²) in [6.45, 7) is 0.436. The first-order valence-electron chi connectivity index (χ1n) is 7.06. The summed E-state index contributed by atoms with van der Waals surface area (Å²) in [5.74, 6) is -2.83. The van der Waals surface area contributed by atoms with Crippen molar-refractivity contribution in [2.75, 3.05) is 6.61 Å². The van der Waals surface area contributed by atoms with E-state index in [9.17, 15) is 13.6 Å². The van der Waals surface area contributed by atoms with Crippen LogP contribution in [-0.4, -0.2) is 27.3 Å². The molecule has 24 heavy (non-hydrogen) atoms. The Kier molecular flexibility index (Phi) is 4.39. The topological polar surface area (TPSA) is 76.4 Å². The Bertz CT molecular complexity index is 895. The minimum Gasteiger partial charge on any atom is -0.489 e. The predicted molar refractivity (Wildman–Crippen MR) is 80.8 cm³/mol. The summed E-state index contributed by atoms with van der Waals surface area (Å²) < 4.78 is 33.7. The zero-order valence-corrected chi connectivity index (χ0v) is 12.4. The standard InChI is InChI=1S/C16H13F2N3O3/c17-11-2-1-3-14(15(11)18)24-7-6-21-5-4-12-13(21)8-10(9-19-12)16(22)20-23/h1-5,8-9,23H,6-7H2,(H,20,22). The van der Waals surface area contributed by atoms with Gasteiger partial charge in [0.25, 0.3) is 5.91 Å². The molecule has 1 aromatic carbocycles. The molecule has 0 saturated carbocycles. The maximum absolute atomic E-state index is 13.5. The number of hydrogen-bond donors (Lipinski definition) is 2. The van der Waals surface area contributed by atoms with Gasteiger partial charge in [0.05, 0.1) is 23.1 Å². The van der Waals surface area contributed by atoms with Gasteiger partial charge in [-0.15, -0.1) is 0 Å². The van der Waals surface area contributed by atoms with E-state index in [1.165, 1.54) is 18.3 Å². The zero-order chi connectivity index (χ0) is 17.1. The third-order valence-electron chi connectivity index (χ3n) is 3.49. The molecule has 3 aromatic rings. The van der Waals surface area contributed by atoms with Crippen LogP contribution in [0, 0.1) is 11.6 Å². The van der Waals surface area contributed by atoms with E-state index >= 15 is 0 Å². The highest BCUT2D eigenvalue weighted by Crippen LogP contribution is 2.20. The SMILES string of the molecule is O=C(NO)c1cnc2ccn(CCOc3cccc(F)c3F)c2c1. The van der Waals surface area contributed by atoms with Gasteiger partial charge in [0.2, 0.25) is 5.82 Å². The molecule has 0 atom stereocenters. The van der Waals surface area contributed by atoms with E-state index in [0.717, 1.165) is 6.07 Å². The zero-order valence-electron chi connectivity index (χ0n) is 12.4. The first-order valence-corrected chi connectivity index (χ1v) is 7.06. The largest absolute Gasteiger partial charge is 0.489 e. The van der Waals surface area contributed by atoms with Gasteiger partial charge >= 0.3 is 0 Å². The fraction of sp³-hybridized carbons (Fsp3) is 0.125. The lowest BCUT2D eigenvalue weighted by Gasteiger charge is -2.09. The number of fused-ring (bicyclic) bond motifs is 1. The van der Waals surface area contributed by atoms with Crippen LogP contribution < -0.4 is 10.2 Å². The summed E-state index contributed by atoms with van der Waals surface area (Å²) in [5, 5.41) is 8.68. The van der Waals surface area contributed by atoms with Crippen LogP contribution in [0.2, 0.25) is 0 Å². The Morgan fingerprint density at radius 1 is 1.33 bits per heavy atom. The summed E-state index contributed by atoms with van der Waals surface area (Å²) in [6, 6.07) is 7.04. The van der Waals surface area contributed by atoms with Crippen LogP contribution in [0.1, 0.15) is 10.4 Å². The molecule has 2 N–H and O–H groups in total. The van der Waals surface area contributed by atoms with Crippen LogP contribution in [0.3, 0.4) is 0 Å². The van der Waals surface area contributed by atoms with Gasteiger partial charge in [-0.2, -0.15) is 4.39 Å². The van der Waals surface area contributed by atoms with Crippen molar-refractivity contribution in [2.24, 2.45) is 0 Å². The van der Waals surface area contributed by atoms with Crippen molar-refractivity contribution in [3.8, 4) is 5.75 Å². The number of benzene rings is 1. The third-order valence-corrected chi connectivity index (χ3v) is 3.49. The number of pyridine rings is 1. The number of carbonyl (C=O) groups excluding carboxylic acids is 1. The molecule has 8 heteroatoms. The van der Waals surface area contributed by atoms with E-state index in [-0.39, 0.29) is 17.9 Å². The fourth-order valence-corrected chi connectivity index (χ4v) is 2.30. The van der Waals surface area contributed by atoms with Gasteiger partial charge in [0.1, 0.15) is 6.61 Å². The smallest absolute Gasteiger partial charge is 0.276 e. The minimum absolute atomic E-state index is 0.0978. The molecule has 6 nitrogen and oxygen atoms in total. The number of aromatic nitrogens is 2. The van der Waals surface area contributed by atoms with E-state index in [1.54, 1.807) is 28.4 Å². The molecule has 1 amide bonds. The van der Waals surface area contributed by atoms with Crippen LogP contribution >= 0.6 is 0 Å². The van der Waals surface area contributed by atoms with Gasteiger partial charge in [-0.3, -0.25) is 15.0 Å². The molecule has 2 heterocycles. The molecule has 0 aliphatic carbocycles. The Hall–Kier alpha value is -3.00. The Balaban J connectivity index is 1.75. The van der Waals surface area contributed by atoms with E-state index in [2.05, 4.69) is 4.98 Å². The number of nitrogens with one attached hydrogen (secondary N) is 1. The molecule has 0 saturated heterocycles. The molecule has 0 radical (unpaired) electrons. The van der Waals surface area contributed by atoms with E-state index in [0.29, 0.717) is 17.6 Å². The molecule has 0 unspecified atom stereocenters. The minimum atomic E-state index is -1.03. The average molecular weight is 333 g/mol. The van der Waals surface area contributed by atoms with Gasteiger partial charge < -0.3 is 9.30 Å². The average Bonchev–Trinajstić information content (AvgIpc) is 3.00. The summed E-state index contributed by atoms with van der Waals surface area (Å²) in [4.78, 5) is 15.6. The Labute approximate surface area is 135 Å². The van der Waals surface area contributed by atoms with Crippen molar-refractivity contribution in [1.29, 1.82) is 0 Å². The van der Waals surface area contributed by atoms with E-state index in [1.807, 2.05) is 0 Å². The first kappa shape index (κ1) is 15.9. The summed E-state index contributed by atoms with van der Waals surface area (Å²) in [5.41, 5.74) is 3.05. The van der Waals surface area contributed by atoms with Crippen molar-refractivity contribution < 1.29 is 23.5 Å². The molecular weight excluding hydrogens is 320 g/mol. The monoisotopic (exact) mass is 333 g/mol. The lowest BCUT2D eigenvalue weighted by atomic mass is 10.2. The second kappa shape index (κ2) is 6.63. The lowest BCUT2D eigenvalue weighted by Crippen LogP contribution is -2.18. The number of nitrogens with zero attached hydrogens (tertiary/aromatic N) is 2. The van der Waals surface area contributed by atoms with Gasteiger partial charge in [0.15, 0.2) is 11.6 Å². The second-order valence-electron chi connectivity index (χ2n) is 4.98. The van der Waals surface area contributed by atoms with Crippen LogP contribution in [0.15, 0.2) is 42.7 Å². The van der Waals surface area contributed by atoms with Gasteiger partial charge in [-0.05, 0) is 24.3 Å². The molecule has 2 aromatic heterocycles. The first-order chi connectivity index (χ1) is 11.6. The number of hydrogen-bond acceptors (Lipinski definition) is 4. The molecule has 124 valence electrons. The molecular formula is C16H13F2N3O3. The van der Waals surface area contributed by atoms with Crippen LogP contribution in [-0.2, 0) is 6.54 Å². The highest BCUT2D eigenvalue weighted by Gasteiger charge is 2.11. The molecule has 0 bridgehead atoms. The number of hydroxylamine groups is 1. The normalized spacial score (nSPS) is 10.8. The van der Waals surface area contributed by atoms with E-state index in [4.69, 9.17) is 9.94 Å². The molecule has 0 aliphatic rings. The van der Waals surface area contributed by atoms with Crippen LogP contribution in [0.4, 0.5) is 8.78 Å². The number of amides is 1. The van der Waals surface area contributed by atoms with Gasteiger partial charge in [0, 0.05) is 12.4 Å². The maximum atomic E-state index is 13.5.